The molecule has 0 fully saturated rings. The number of benzene rings is 1. The van der Waals surface area contributed by atoms with Crippen molar-refractivity contribution in [3.8, 4) is 0 Å². The summed E-state index contributed by atoms with van der Waals surface area (Å²) in [5, 5.41) is 4.10. The van der Waals surface area contributed by atoms with E-state index in [0.29, 0.717) is 11.3 Å². The van der Waals surface area contributed by atoms with Crippen LogP contribution in [0.4, 0.5) is 0 Å². The van der Waals surface area contributed by atoms with Crippen molar-refractivity contribution in [3.05, 3.63) is 59.2 Å². The molecule has 7 nitrogen and oxygen atoms in total. The largest absolute Gasteiger partial charge is 0.448 e. The van der Waals surface area contributed by atoms with E-state index in [1.165, 1.54) is 11.4 Å². The van der Waals surface area contributed by atoms with Gasteiger partial charge in [0.1, 0.15) is 0 Å². The van der Waals surface area contributed by atoms with Crippen molar-refractivity contribution >= 4 is 17.5 Å². The van der Waals surface area contributed by atoms with Crippen LogP contribution in [0.15, 0.2) is 36.4 Å². The van der Waals surface area contributed by atoms with E-state index in [-0.39, 0.29) is 11.6 Å². The second-order valence-corrected chi connectivity index (χ2v) is 5.46. The number of hydrogen-bond acceptors (Lipinski definition) is 6. The number of carbonyl (C=O) groups is 2. The van der Waals surface area contributed by atoms with Crippen LogP contribution in [-0.2, 0) is 4.74 Å². The smallest absolute Gasteiger partial charge is 0.379 e. The maximum absolute atomic E-state index is 12.2. The number of Topliss-reactive ketones (excluding diaryl/α,β-unsaturated/α-hetero) is 1. The summed E-state index contributed by atoms with van der Waals surface area (Å²) in [5.74, 6) is -0.836. The highest BCUT2D eigenvalue weighted by Crippen LogP contribution is 2.10. The fourth-order valence-corrected chi connectivity index (χ4v) is 2.36. The van der Waals surface area contributed by atoms with Crippen molar-refractivity contribution in [2.75, 3.05) is 0 Å². The van der Waals surface area contributed by atoms with Crippen LogP contribution in [-0.4, -0.2) is 37.4 Å². The lowest BCUT2D eigenvalue weighted by Crippen LogP contribution is -2.25. The zero-order valence-electron chi connectivity index (χ0n) is 13.6. The van der Waals surface area contributed by atoms with Gasteiger partial charge in [0.25, 0.3) is 11.6 Å². The predicted octanol–water partition coefficient (Wildman–Crippen LogP) is 2.17. The molecule has 3 aromatic rings. The molecule has 0 radical (unpaired) electrons. The van der Waals surface area contributed by atoms with E-state index in [2.05, 4.69) is 15.1 Å². The molecule has 1 atom stereocenters. The number of carbonyl (C=O) groups excluding carboxylic acids is 2. The van der Waals surface area contributed by atoms with Crippen LogP contribution in [0.2, 0.25) is 0 Å². The van der Waals surface area contributed by atoms with E-state index in [4.69, 9.17) is 4.74 Å². The fraction of sp³-hybridized carbons (Fsp3) is 0.235. The average Bonchev–Trinajstić information content (AvgIpc) is 2.99. The number of fused-ring (bicyclic) bond motifs is 1. The lowest BCUT2D eigenvalue weighted by molar-refractivity contribution is 0.0307. The molecule has 0 aliphatic heterocycles. The second-order valence-electron chi connectivity index (χ2n) is 5.46. The Morgan fingerprint density at radius 3 is 2.54 bits per heavy atom. The Labute approximate surface area is 138 Å². The number of hydrogen-bond donors (Lipinski definition) is 0. The zero-order valence-corrected chi connectivity index (χ0v) is 13.6. The molecule has 2 heterocycles. The molecule has 3 rings (SSSR count). The molecule has 0 aliphatic carbocycles. The SMILES string of the molecule is Cc1cc(C)n2nc(C(=O)O[C@@H](C)C(=O)c3ccccc3)nc2n1. The van der Waals surface area contributed by atoms with Crippen LogP contribution in [0, 0.1) is 13.8 Å². The molecule has 2 aromatic heterocycles. The summed E-state index contributed by atoms with van der Waals surface area (Å²) in [5.41, 5.74) is 2.06. The van der Waals surface area contributed by atoms with Gasteiger partial charge in [-0.2, -0.15) is 4.98 Å². The Morgan fingerprint density at radius 2 is 1.83 bits per heavy atom. The Morgan fingerprint density at radius 1 is 1.12 bits per heavy atom. The van der Waals surface area contributed by atoms with Crippen LogP contribution in [0.25, 0.3) is 5.78 Å². The molecular weight excluding hydrogens is 308 g/mol. The molecule has 0 saturated carbocycles. The van der Waals surface area contributed by atoms with Crippen molar-refractivity contribution in [1.82, 2.24) is 19.6 Å². The minimum atomic E-state index is -0.928. The Hall–Kier alpha value is -3.09. The van der Waals surface area contributed by atoms with Gasteiger partial charge in [0.05, 0.1) is 0 Å². The monoisotopic (exact) mass is 324 g/mol. The lowest BCUT2D eigenvalue weighted by atomic mass is 10.1. The highest BCUT2D eigenvalue weighted by molar-refractivity contribution is 6.00. The second kappa shape index (κ2) is 6.19. The number of nitrogens with zero attached hydrogens (tertiary/aromatic N) is 4. The van der Waals surface area contributed by atoms with Crippen molar-refractivity contribution < 1.29 is 14.3 Å². The first-order valence-electron chi connectivity index (χ1n) is 7.47. The lowest BCUT2D eigenvalue weighted by Gasteiger charge is -2.10. The van der Waals surface area contributed by atoms with Gasteiger partial charge >= 0.3 is 5.97 Å². The summed E-state index contributed by atoms with van der Waals surface area (Å²) in [6.07, 6.45) is -0.928. The van der Waals surface area contributed by atoms with Gasteiger partial charge in [-0.25, -0.2) is 14.3 Å². The number of esters is 1. The first-order chi connectivity index (χ1) is 11.5. The number of rotatable bonds is 4. The third-order valence-electron chi connectivity index (χ3n) is 3.51. The molecule has 24 heavy (non-hydrogen) atoms. The number of aryl methyl sites for hydroxylation is 2. The van der Waals surface area contributed by atoms with Crippen molar-refractivity contribution in [1.29, 1.82) is 0 Å². The van der Waals surface area contributed by atoms with Gasteiger partial charge in [-0.3, -0.25) is 4.79 Å². The average molecular weight is 324 g/mol. The summed E-state index contributed by atoms with van der Waals surface area (Å²) < 4.78 is 6.66. The molecule has 0 saturated heterocycles. The number of ketones is 1. The fourth-order valence-electron chi connectivity index (χ4n) is 2.36. The molecule has 0 spiro atoms. The Bertz CT molecular complexity index is 918. The van der Waals surface area contributed by atoms with Gasteiger partial charge in [-0.1, -0.05) is 30.3 Å². The van der Waals surface area contributed by atoms with E-state index >= 15 is 0 Å². The van der Waals surface area contributed by atoms with E-state index in [0.717, 1.165) is 11.4 Å². The summed E-state index contributed by atoms with van der Waals surface area (Å²) >= 11 is 0. The standard InChI is InChI=1S/C17H16N4O3/c1-10-9-11(2)21-17(18-10)19-15(20-21)16(23)24-12(3)14(22)13-7-5-4-6-8-13/h4-9,12H,1-3H3/t12-/m0/s1. The van der Waals surface area contributed by atoms with Crippen LogP contribution >= 0.6 is 0 Å². The zero-order chi connectivity index (χ0) is 17.3. The third kappa shape index (κ3) is 3.01. The van der Waals surface area contributed by atoms with Crippen LogP contribution in [0.3, 0.4) is 0 Å². The topological polar surface area (TPSA) is 86.5 Å². The summed E-state index contributed by atoms with van der Waals surface area (Å²) in [4.78, 5) is 32.8. The minimum absolute atomic E-state index is 0.121. The van der Waals surface area contributed by atoms with Crippen molar-refractivity contribution in [2.45, 2.75) is 26.9 Å². The van der Waals surface area contributed by atoms with E-state index in [1.54, 1.807) is 24.3 Å². The highest BCUT2D eigenvalue weighted by atomic mass is 16.5. The van der Waals surface area contributed by atoms with E-state index in [1.807, 2.05) is 26.0 Å². The molecule has 122 valence electrons. The molecule has 7 heteroatoms. The van der Waals surface area contributed by atoms with Crippen molar-refractivity contribution in [2.24, 2.45) is 0 Å². The third-order valence-corrected chi connectivity index (χ3v) is 3.51. The molecule has 1 aromatic carbocycles. The van der Waals surface area contributed by atoms with E-state index < -0.39 is 12.1 Å². The Kier molecular flexibility index (Phi) is 4.07. The molecular formula is C17H16N4O3. The molecule has 0 bridgehead atoms. The van der Waals surface area contributed by atoms with Crippen molar-refractivity contribution in [3.63, 3.8) is 0 Å². The van der Waals surface area contributed by atoms with Gasteiger partial charge in [0.2, 0.25) is 5.78 Å². The Balaban J connectivity index is 1.80. The highest BCUT2D eigenvalue weighted by Gasteiger charge is 2.23. The van der Waals surface area contributed by atoms with Gasteiger partial charge in [0.15, 0.2) is 6.10 Å². The quantitative estimate of drug-likeness (QED) is 0.540. The summed E-state index contributed by atoms with van der Waals surface area (Å²) in [6, 6.07) is 10.5. The van der Waals surface area contributed by atoms with Crippen LogP contribution in [0.5, 0.6) is 0 Å². The summed E-state index contributed by atoms with van der Waals surface area (Å²) in [7, 11) is 0. The van der Waals surface area contributed by atoms with E-state index in [9.17, 15) is 9.59 Å². The number of aromatic nitrogens is 4. The van der Waals surface area contributed by atoms with Gasteiger partial charge < -0.3 is 4.74 Å². The van der Waals surface area contributed by atoms with Gasteiger partial charge in [0, 0.05) is 17.0 Å². The minimum Gasteiger partial charge on any atom is -0.448 e. The molecule has 0 N–H and O–H groups in total. The van der Waals surface area contributed by atoms with Gasteiger partial charge in [-0.15, -0.1) is 5.10 Å². The molecule has 0 aliphatic rings. The maximum Gasteiger partial charge on any atom is 0.379 e. The predicted molar refractivity (Wildman–Crippen MR) is 85.9 cm³/mol. The first-order valence-corrected chi connectivity index (χ1v) is 7.47. The normalized spacial score (nSPS) is 12.1. The van der Waals surface area contributed by atoms with Crippen LogP contribution in [0.1, 0.15) is 39.3 Å². The molecule has 0 unspecified atom stereocenters. The first kappa shape index (κ1) is 15.8. The van der Waals surface area contributed by atoms with Crippen LogP contribution < -0.4 is 0 Å². The van der Waals surface area contributed by atoms with Gasteiger partial charge in [-0.05, 0) is 26.8 Å². The molecule has 0 amide bonds. The maximum atomic E-state index is 12.2. The number of ether oxygens (including phenoxy) is 1. The summed E-state index contributed by atoms with van der Waals surface area (Å²) in [6.45, 7) is 5.20.